The molecule has 1 amide bonds. The van der Waals surface area contributed by atoms with Gasteiger partial charge in [-0.15, -0.1) is 0 Å². The van der Waals surface area contributed by atoms with Crippen LogP contribution in [-0.2, 0) is 18.9 Å². The summed E-state index contributed by atoms with van der Waals surface area (Å²) >= 11 is 0. The van der Waals surface area contributed by atoms with Crippen LogP contribution in [0.5, 0.6) is 0 Å². The average Bonchev–Trinajstić information content (AvgIpc) is 2.95. The predicted octanol–water partition coefficient (Wildman–Crippen LogP) is 1.67. The summed E-state index contributed by atoms with van der Waals surface area (Å²) in [6.07, 6.45) is 1.74. The third kappa shape index (κ3) is 4.20. The summed E-state index contributed by atoms with van der Waals surface area (Å²) < 4.78 is 22.1. The zero-order chi connectivity index (χ0) is 17.4. The van der Waals surface area contributed by atoms with Crippen molar-refractivity contribution in [3.63, 3.8) is 0 Å². The standard InChI is InChI=1S/C17H29NO6/c1-16(2,3)24-15(19)18-12-8-17(20,9-13(18)11-21-10-12)5-4-14-22-6-7-23-14/h12-14,20H,4-11H2,1-3H3. The Balaban J connectivity index is 1.62. The summed E-state index contributed by atoms with van der Waals surface area (Å²) in [5.41, 5.74) is -1.34. The highest BCUT2D eigenvalue weighted by Gasteiger charge is 2.49. The van der Waals surface area contributed by atoms with E-state index in [1.165, 1.54) is 0 Å². The fourth-order valence-corrected chi connectivity index (χ4v) is 3.85. The fraction of sp³-hybridized carbons (Fsp3) is 0.941. The van der Waals surface area contributed by atoms with Crippen LogP contribution < -0.4 is 0 Å². The number of hydrogen-bond donors (Lipinski definition) is 1. The van der Waals surface area contributed by atoms with E-state index in [1.807, 2.05) is 20.8 Å². The summed E-state index contributed by atoms with van der Waals surface area (Å²) in [5, 5.41) is 11.0. The smallest absolute Gasteiger partial charge is 0.410 e. The maximum atomic E-state index is 12.5. The molecule has 0 saturated carbocycles. The van der Waals surface area contributed by atoms with Crippen LogP contribution in [0.25, 0.3) is 0 Å². The first-order valence-corrected chi connectivity index (χ1v) is 8.80. The number of fused-ring (bicyclic) bond motifs is 2. The first kappa shape index (κ1) is 17.9. The van der Waals surface area contributed by atoms with Crippen LogP contribution in [0.4, 0.5) is 4.79 Å². The molecule has 0 aromatic rings. The number of carbonyl (C=O) groups is 1. The minimum absolute atomic E-state index is 0.150. The highest BCUT2D eigenvalue weighted by Crippen LogP contribution is 2.38. The molecule has 2 unspecified atom stereocenters. The van der Waals surface area contributed by atoms with Gasteiger partial charge < -0.3 is 24.1 Å². The molecule has 3 saturated heterocycles. The van der Waals surface area contributed by atoms with Gasteiger partial charge in [0, 0.05) is 6.42 Å². The Bertz CT molecular complexity index is 442. The van der Waals surface area contributed by atoms with Crippen LogP contribution in [0.15, 0.2) is 0 Å². The molecule has 138 valence electrons. The lowest BCUT2D eigenvalue weighted by atomic mass is 9.78. The molecular weight excluding hydrogens is 314 g/mol. The minimum atomic E-state index is -0.813. The second kappa shape index (κ2) is 6.78. The van der Waals surface area contributed by atoms with Crippen molar-refractivity contribution in [3.8, 4) is 0 Å². The quantitative estimate of drug-likeness (QED) is 0.840. The van der Waals surface area contributed by atoms with E-state index in [2.05, 4.69) is 0 Å². The second-order valence-electron chi connectivity index (χ2n) is 8.08. The summed E-state index contributed by atoms with van der Waals surface area (Å²) in [4.78, 5) is 14.3. The van der Waals surface area contributed by atoms with Crippen LogP contribution in [0.2, 0.25) is 0 Å². The molecule has 7 heteroatoms. The lowest BCUT2D eigenvalue weighted by molar-refractivity contribution is -0.147. The summed E-state index contributed by atoms with van der Waals surface area (Å²) in [5.74, 6) is 0. The Morgan fingerprint density at radius 1 is 1.21 bits per heavy atom. The minimum Gasteiger partial charge on any atom is -0.444 e. The van der Waals surface area contributed by atoms with E-state index in [-0.39, 0.29) is 24.5 Å². The summed E-state index contributed by atoms with van der Waals surface area (Å²) in [6, 6.07) is -0.300. The highest BCUT2D eigenvalue weighted by molar-refractivity contribution is 5.69. The van der Waals surface area contributed by atoms with Gasteiger partial charge in [0.1, 0.15) is 5.60 Å². The van der Waals surface area contributed by atoms with Gasteiger partial charge in [-0.25, -0.2) is 4.79 Å². The molecule has 3 heterocycles. The third-order valence-corrected chi connectivity index (χ3v) is 4.78. The van der Waals surface area contributed by atoms with Gasteiger partial charge in [-0.05, 0) is 40.0 Å². The van der Waals surface area contributed by atoms with E-state index >= 15 is 0 Å². The predicted molar refractivity (Wildman–Crippen MR) is 85.6 cm³/mol. The van der Waals surface area contributed by atoms with Crippen LogP contribution in [0, 0.1) is 0 Å². The lowest BCUT2D eigenvalue weighted by Gasteiger charge is -2.51. The van der Waals surface area contributed by atoms with Crippen molar-refractivity contribution in [2.45, 2.75) is 76.0 Å². The Morgan fingerprint density at radius 2 is 1.79 bits per heavy atom. The molecule has 0 radical (unpaired) electrons. The molecule has 7 nitrogen and oxygen atoms in total. The molecule has 3 aliphatic heterocycles. The number of carbonyl (C=O) groups excluding carboxylic acids is 1. The number of aliphatic hydroxyl groups is 1. The molecule has 0 spiro atoms. The fourth-order valence-electron chi connectivity index (χ4n) is 3.85. The van der Waals surface area contributed by atoms with Crippen LogP contribution in [0.1, 0.15) is 46.5 Å². The van der Waals surface area contributed by atoms with Gasteiger partial charge in [0.2, 0.25) is 0 Å². The molecule has 1 N–H and O–H groups in total. The van der Waals surface area contributed by atoms with E-state index < -0.39 is 11.2 Å². The number of hydrogen-bond acceptors (Lipinski definition) is 6. The van der Waals surface area contributed by atoms with Crippen molar-refractivity contribution in [3.05, 3.63) is 0 Å². The first-order chi connectivity index (χ1) is 11.3. The summed E-state index contributed by atoms with van der Waals surface area (Å²) in [7, 11) is 0. The Hall–Kier alpha value is -0.890. The van der Waals surface area contributed by atoms with Crippen molar-refractivity contribution in [1.82, 2.24) is 4.90 Å². The van der Waals surface area contributed by atoms with Crippen molar-refractivity contribution in [1.29, 1.82) is 0 Å². The van der Waals surface area contributed by atoms with Crippen molar-refractivity contribution < 1.29 is 28.8 Å². The lowest BCUT2D eigenvalue weighted by Crippen LogP contribution is -2.64. The van der Waals surface area contributed by atoms with Gasteiger partial charge in [0.15, 0.2) is 6.29 Å². The van der Waals surface area contributed by atoms with E-state index in [0.29, 0.717) is 52.1 Å². The van der Waals surface area contributed by atoms with Gasteiger partial charge in [0.25, 0.3) is 0 Å². The summed E-state index contributed by atoms with van der Waals surface area (Å²) in [6.45, 7) is 7.70. The molecule has 0 aliphatic carbocycles. The number of nitrogens with zero attached hydrogens (tertiary/aromatic N) is 1. The van der Waals surface area contributed by atoms with Crippen molar-refractivity contribution in [2.24, 2.45) is 0 Å². The van der Waals surface area contributed by atoms with Crippen LogP contribution >= 0.6 is 0 Å². The molecule has 3 rings (SSSR count). The number of amides is 1. The normalized spacial score (nSPS) is 34.4. The van der Waals surface area contributed by atoms with Gasteiger partial charge in [-0.1, -0.05) is 0 Å². The number of piperidine rings is 1. The first-order valence-electron chi connectivity index (χ1n) is 8.80. The van der Waals surface area contributed by atoms with Crippen molar-refractivity contribution in [2.75, 3.05) is 26.4 Å². The zero-order valence-corrected chi connectivity index (χ0v) is 14.8. The maximum absolute atomic E-state index is 12.5. The Labute approximate surface area is 143 Å². The molecule has 2 bridgehead atoms. The van der Waals surface area contributed by atoms with E-state index in [9.17, 15) is 9.90 Å². The van der Waals surface area contributed by atoms with E-state index in [1.54, 1.807) is 4.90 Å². The number of ether oxygens (including phenoxy) is 4. The van der Waals surface area contributed by atoms with E-state index in [0.717, 1.165) is 0 Å². The van der Waals surface area contributed by atoms with Crippen LogP contribution in [-0.4, -0.2) is 72.1 Å². The third-order valence-electron chi connectivity index (χ3n) is 4.78. The highest BCUT2D eigenvalue weighted by atomic mass is 16.7. The van der Waals surface area contributed by atoms with Crippen LogP contribution in [0.3, 0.4) is 0 Å². The van der Waals surface area contributed by atoms with E-state index in [4.69, 9.17) is 18.9 Å². The molecular formula is C17H29NO6. The van der Waals surface area contributed by atoms with Gasteiger partial charge in [-0.2, -0.15) is 0 Å². The largest absolute Gasteiger partial charge is 0.444 e. The molecule has 2 atom stereocenters. The molecule has 3 fully saturated rings. The van der Waals surface area contributed by atoms with Gasteiger partial charge >= 0.3 is 6.09 Å². The monoisotopic (exact) mass is 343 g/mol. The molecule has 0 aromatic heterocycles. The zero-order valence-electron chi connectivity index (χ0n) is 14.8. The number of rotatable bonds is 3. The van der Waals surface area contributed by atoms with Gasteiger partial charge in [0.05, 0.1) is 44.1 Å². The van der Waals surface area contributed by atoms with Gasteiger partial charge in [-0.3, -0.25) is 4.90 Å². The molecule has 0 aromatic carbocycles. The Morgan fingerprint density at radius 3 is 2.33 bits per heavy atom. The maximum Gasteiger partial charge on any atom is 0.410 e. The number of morpholine rings is 1. The Kier molecular flexibility index (Phi) is 5.06. The molecule has 24 heavy (non-hydrogen) atoms. The average molecular weight is 343 g/mol. The second-order valence-corrected chi connectivity index (χ2v) is 8.08. The topological polar surface area (TPSA) is 77.5 Å². The van der Waals surface area contributed by atoms with Crippen molar-refractivity contribution >= 4 is 6.09 Å². The molecule has 3 aliphatic rings. The SMILES string of the molecule is CC(C)(C)OC(=O)N1C2COCC1CC(O)(CCC1OCCO1)C2.